The zero-order valence-corrected chi connectivity index (χ0v) is 16.7. The molecular formula is C25H23F2NO2. The van der Waals surface area contributed by atoms with Crippen LogP contribution in [0.3, 0.4) is 0 Å². The maximum Gasteiger partial charge on any atom is 0.176 e. The molecule has 0 aliphatic carbocycles. The first kappa shape index (κ1) is 19.2. The molecule has 5 heteroatoms. The molecule has 0 atom stereocenters. The van der Waals surface area contributed by atoms with Crippen LogP contribution >= 0.6 is 0 Å². The molecule has 2 aliphatic heterocycles. The monoisotopic (exact) mass is 407 g/mol. The van der Waals surface area contributed by atoms with Gasteiger partial charge in [0.2, 0.25) is 0 Å². The van der Waals surface area contributed by atoms with Gasteiger partial charge in [0.1, 0.15) is 11.4 Å². The Bertz CT molecular complexity index is 1120. The zero-order valence-electron chi connectivity index (χ0n) is 16.7. The van der Waals surface area contributed by atoms with E-state index in [1.54, 1.807) is 0 Å². The number of ketones is 1. The maximum atomic E-state index is 13.4. The molecule has 0 amide bonds. The van der Waals surface area contributed by atoms with Gasteiger partial charge in [-0.2, -0.15) is 0 Å². The van der Waals surface area contributed by atoms with E-state index in [1.807, 2.05) is 12.1 Å². The molecule has 0 radical (unpaired) electrons. The summed E-state index contributed by atoms with van der Waals surface area (Å²) in [6.07, 6.45) is 3.67. The number of hydrogen-bond acceptors (Lipinski definition) is 3. The number of likely N-dealkylation sites (tertiary alicyclic amines) is 1. The van der Waals surface area contributed by atoms with Crippen LogP contribution in [-0.4, -0.2) is 35.9 Å². The number of rotatable bonds is 3. The lowest BCUT2D eigenvalue weighted by molar-refractivity contribution is -0.0120. The third-order valence-corrected chi connectivity index (χ3v) is 6.51. The standard InChI is InChI=1S/C25H23F2NO2/c26-21-8-7-19(15-22(21)27)23(29)16-28-13-11-25(12-14-28)10-9-18-6-5-17-3-1-2-4-20(17)24(18)30-25/h1-8,15H,9-14,16H2. The van der Waals surface area contributed by atoms with Crippen molar-refractivity contribution < 1.29 is 18.3 Å². The Kier molecular flexibility index (Phi) is 4.78. The van der Waals surface area contributed by atoms with Crippen LogP contribution in [0.1, 0.15) is 35.2 Å². The Morgan fingerprint density at radius 2 is 1.77 bits per heavy atom. The number of piperidine rings is 1. The Balaban J connectivity index is 1.27. The van der Waals surface area contributed by atoms with E-state index >= 15 is 0 Å². The Labute approximate surface area is 174 Å². The van der Waals surface area contributed by atoms with E-state index in [1.165, 1.54) is 17.0 Å². The Morgan fingerprint density at radius 1 is 0.967 bits per heavy atom. The summed E-state index contributed by atoms with van der Waals surface area (Å²) < 4.78 is 33.2. The van der Waals surface area contributed by atoms with E-state index in [2.05, 4.69) is 29.2 Å². The summed E-state index contributed by atoms with van der Waals surface area (Å²) in [5.41, 5.74) is 1.28. The third-order valence-electron chi connectivity index (χ3n) is 6.51. The van der Waals surface area contributed by atoms with Crippen molar-refractivity contribution in [3.63, 3.8) is 0 Å². The molecule has 5 rings (SSSR count). The first-order valence-electron chi connectivity index (χ1n) is 10.4. The first-order valence-corrected chi connectivity index (χ1v) is 10.4. The van der Waals surface area contributed by atoms with Crippen LogP contribution in [0.15, 0.2) is 54.6 Å². The molecule has 1 fully saturated rings. The number of fused-ring (bicyclic) bond motifs is 3. The predicted octanol–water partition coefficient (Wildman–Crippen LogP) is 5.16. The number of hydrogen-bond donors (Lipinski definition) is 0. The first-order chi connectivity index (χ1) is 14.5. The summed E-state index contributed by atoms with van der Waals surface area (Å²) in [4.78, 5) is 14.6. The van der Waals surface area contributed by atoms with E-state index in [0.717, 1.165) is 62.0 Å². The van der Waals surface area contributed by atoms with Gasteiger partial charge < -0.3 is 4.74 Å². The Hall–Kier alpha value is -2.79. The lowest BCUT2D eigenvalue weighted by Gasteiger charge is -2.44. The fourth-order valence-electron chi connectivity index (χ4n) is 4.67. The van der Waals surface area contributed by atoms with Gasteiger partial charge in [0.25, 0.3) is 0 Å². The SMILES string of the molecule is O=C(CN1CCC2(CCc3ccc4ccccc4c3O2)CC1)c1ccc(F)c(F)c1. The smallest absolute Gasteiger partial charge is 0.176 e. The average Bonchev–Trinajstić information content (AvgIpc) is 2.77. The fourth-order valence-corrected chi connectivity index (χ4v) is 4.67. The van der Waals surface area contributed by atoms with E-state index in [-0.39, 0.29) is 23.5 Å². The molecular weight excluding hydrogens is 384 g/mol. The number of carbonyl (C=O) groups excluding carboxylic acids is 1. The fraction of sp³-hybridized carbons (Fsp3) is 0.320. The lowest BCUT2D eigenvalue weighted by atomic mass is 9.82. The molecule has 2 heterocycles. The van der Waals surface area contributed by atoms with Crippen molar-refractivity contribution in [1.29, 1.82) is 0 Å². The molecule has 0 unspecified atom stereocenters. The molecule has 154 valence electrons. The molecule has 0 saturated carbocycles. The van der Waals surface area contributed by atoms with E-state index in [4.69, 9.17) is 4.74 Å². The zero-order chi connectivity index (χ0) is 20.7. The van der Waals surface area contributed by atoms with Crippen LogP contribution in [0.2, 0.25) is 0 Å². The van der Waals surface area contributed by atoms with Crippen molar-refractivity contribution in [1.82, 2.24) is 4.90 Å². The van der Waals surface area contributed by atoms with Gasteiger partial charge in [-0.3, -0.25) is 9.69 Å². The number of nitrogens with zero attached hydrogens (tertiary/aromatic N) is 1. The van der Waals surface area contributed by atoms with Crippen molar-refractivity contribution in [3.8, 4) is 5.75 Å². The largest absolute Gasteiger partial charge is 0.486 e. The summed E-state index contributed by atoms with van der Waals surface area (Å²) in [6, 6.07) is 16.0. The van der Waals surface area contributed by atoms with Crippen molar-refractivity contribution in [2.24, 2.45) is 0 Å². The highest BCUT2D eigenvalue weighted by Crippen LogP contribution is 2.42. The Morgan fingerprint density at radius 3 is 2.57 bits per heavy atom. The number of halogens is 2. The van der Waals surface area contributed by atoms with E-state index < -0.39 is 11.6 Å². The second-order valence-electron chi connectivity index (χ2n) is 8.39. The minimum absolute atomic E-state index is 0.189. The van der Waals surface area contributed by atoms with E-state index in [9.17, 15) is 13.6 Å². The van der Waals surface area contributed by atoms with Crippen LogP contribution in [0.5, 0.6) is 5.75 Å². The summed E-state index contributed by atoms with van der Waals surface area (Å²) in [5.74, 6) is -1.11. The van der Waals surface area contributed by atoms with Gasteiger partial charge in [0.05, 0.1) is 6.54 Å². The van der Waals surface area contributed by atoms with Gasteiger partial charge >= 0.3 is 0 Å². The molecule has 0 aromatic heterocycles. The molecule has 0 bridgehead atoms. The number of benzene rings is 3. The molecule has 30 heavy (non-hydrogen) atoms. The van der Waals surface area contributed by atoms with Crippen LogP contribution in [0.25, 0.3) is 10.8 Å². The lowest BCUT2D eigenvalue weighted by Crippen LogP contribution is -2.50. The highest BCUT2D eigenvalue weighted by molar-refractivity contribution is 5.97. The van der Waals surface area contributed by atoms with Gasteiger partial charge in [0.15, 0.2) is 17.4 Å². The molecule has 3 nitrogen and oxygen atoms in total. The third kappa shape index (κ3) is 3.47. The number of Topliss-reactive ketones (excluding diaryl/α,β-unsaturated/α-hetero) is 1. The summed E-state index contributed by atoms with van der Waals surface area (Å²) in [6.45, 7) is 1.70. The van der Waals surface area contributed by atoms with Gasteiger partial charge in [-0.05, 0) is 54.8 Å². The summed E-state index contributed by atoms with van der Waals surface area (Å²) in [5, 5.41) is 2.34. The molecule has 0 N–H and O–H groups in total. The highest BCUT2D eigenvalue weighted by Gasteiger charge is 2.40. The predicted molar refractivity (Wildman–Crippen MR) is 112 cm³/mol. The molecule has 1 saturated heterocycles. The normalized spacial score (nSPS) is 18.2. The van der Waals surface area contributed by atoms with Crippen LogP contribution in [0, 0.1) is 11.6 Å². The van der Waals surface area contributed by atoms with E-state index in [0.29, 0.717) is 0 Å². The number of aryl methyl sites for hydroxylation is 1. The number of carbonyl (C=O) groups is 1. The average molecular weight is 407 g/mol. The summed E-state index contributed by atoms with van der Waals surface area (Å²) in [7, 11) is 0. The maximum absolute atomic E-state index is 13.4. The van der Waals surface area contributed by atoms with Gasteiger partial charge in [-0.25, -0.2) is 8.78 Å². The van der Waals surface area contributed by atoms with Gasteiger partial charge in [0, 0.05) is 24.0 Å². The quantitative estimate of drug-likeness (QED) is 0.562. The molecule has 3 aromatic rings. The van der Waals surface area contributed by atoms with Crippen molar-refractivity contribution in [3.05, 3.63) is 77.4 Å². The molecule has 2 aliphatic rings. The van der Waals surface area contributed by atoms with Crippen LogP contribution < -0.4 is 4.74 Å². The number of ether oxygens (including phenoxy) is 1. The topological polar surface area (TPSA) is 29.5 Å². The second kappa shape index (κ2) is 7.47. The van der Waals surface area contributed by atoms with Gasteiger partial charge in [-0.15, -0.1) is 0 Å². The van der Waals surface area contributed by atoms with Crippen LogP contribution in [0.4, 0.5) is 8.78 Å². The van der Waals surface area contributed by atoms with Crippen molar-refractivity contribution in [2.75, 3.05) is 19.6 Å². The van der Waals surface area contributed by atoms with Gasteiger partial charge in [-0.1, -0.05) is 36.4 Å². The highest BCUT2D eigenvalue weighted by atomic mass is 19.2. The summed E-state index contributed by atoms with van der Waals surface area (Å²) >= 11 is 0. The van der Waals surface area contributed by atoms with Crippen molar-refractivity contribution >= 4 is 16.6 Å². The van der Waals surface area contributed by atoms with Crippen LogP contribution in [-0.2, 0) is 6.42 Å². The second-order valence-corrected chi connectivity index (χ2v) is 8.39. The minimum atomic E-state index is -0.986. The molecule has 3 aromatic carbocycles. The molecule has 1 spiro atoms. The minimum Gasteiger partial charge on any atom is -0.486 e. The van der Waals surface area contributed by atoms with Crippen molar-refractivity contribution in [2.45, 2.75) is 31.3 Å².